The van der Waals surface area contributed by atoms with Crippen molar-refractivity contribution in [2.75, 3.05) is 11.4 Å². The smallest absolute Gasteiger partial charge is 0.224 e. The molecule has 1 aromatic rings. The summed E-state index contributed by atoms with van der Waals surface area (Å²) in [5.74, 6) is 0.0858. The molecule has 0 radical (unpaired) electrons. The van der Waals surface area contributed by atoms with Crippen LogP contribution >= 0.6 is 11.3 Å². The number of thiophene rings is 1. The molecule has 5 heteroatoms. The molecule has 0 saturated heterocycles. The molecule has 2 aliphatic heterocycles. The van der Waals surface area contributed by atoms with Gasteiger partial charge >= 0.3 is 0 Å². The van der Waals surface area contributed by atoms with Crippen molar-refractivity contribution in [1.29, 1.82) is 0 Å². The largest absolute Gasteiger partial charge is 0.368 e. The maximum Gasteiger partial charge on any atom is 0.224 e. The first-order chi connectivity index (χ1) is 12.2. The van der Waals surface area contributed by atoms with Gasteiger partial charge in [0, 0.05) is 24.4 Å². The number of dihydropyridines is 1. The molecular weight excluding hydrogens is 330 g/mol. The van der Waals surface area contributed by atoms with Crippen molar-refractivity contribution < 1.29 is 4.79 Å². The first-order valence-electron chi connectivity index (χ1n) is 8.53. The van der Waals surface area contributed by atoms with E-state index in [1.165, 1.54) is 16.7 Å². The number of nitrogens with one attached hydrogen (secondary N) is 2. The zero-order chi connectivity index (χ0) is 17.2. The standard InChI is InChI=1S/C20H21N3OS/c1-14(24)23(12-15-5-3-2-4-6-15)19-11-16(13-25-19)17-7-9-21-20-18(17)8-10-22-20/h2-3,5,7-11,13,20-22H,4,6,12H2,1H3. The van der Waals surface area contributed by atoms with Gasteiger partial charge in [-0.25, -0.2) is 0 Å². The summed E-state index contributed by atoms with van der Waals surface area (Å²) >= 11 is 1.63. The molecule has 1 amide bonds. The summed E-state index contributed by atoms with van der Waals surface area (Å²) in [6.07, 6.45) is 16.8. The van der Waals surface area contributed by atoms with E-state index in [1.54, 1.807) is 18.3 Å². The lowest BCUT2D eigenvalue weighted by Gasteiger charge is -2.22. The highest BCUT2D eigenvalue weighted by molar-refractivity contribution is 7.14. The number of hydrogen-bond acceptors (Lipinski definition) is 4. The van der Waals surface area contributed by atoms with Crippen LogP contribution in [0.1, 0.15) is 25.3 Å². The van der Waals surface area contributed by atoms with Gasteiger partial charge in [0.25, 0.3) is 0 Å². The van der Waals surface area contributed by atoms with Gasteiger partial charge in [-0.05, 0) is 54.6 Å². The van der Waals surface area contributed by atoms with Gasteiger partial charge in [0.15, 0.2) is 0 Å². The molecule has 4 rings (SSSR count). The van der Waals surface area contributed by atoms with E-state index >= 15 is 0 Å². The van der Waals surface area contributed by atoms with Gasteiger partial charge < -0.3 is 10.6 Å². The monoisotopic (exact) mass is 351 g/mol. The minimum absolute atomic E-state index is 0.0858. The molecule has 25 heavy (non-hydrogen) atoms. The van der Waals surface area contributed by atoms with E-state index < -0.39 is 0 Å². The van der Waals surface area contributed by atoms with Crippen molar-refractivity contribution in [3.05, 3.63) is 70.9 Å². The van der Waals surface area contributed by atoms with Gasteiger partial charge in [0.2, 0.25) is 5.91 Å². The number of hydrogen-bond donors (Lipinski definition) is 2. The maximum atomic E-state index is 12.2. The van der Waals surface area contributed by atoms with Crippen LogP contribution in [0.4, 0.5) is 5.00 Å². The number of carbonyl (C=O) groups is 1. The van der Waals surface area contributed by atoms with E-state index in [4.69, 9.17) is 0 Å². The van der Waals surface area contributed by atoms with Gasteiger partial charge in [0.1, 0.15) is 6.17 Å². The average Bonchev–Trinajstić information content (AvgIpc) is 3.29. The van der Waals surface area contributed by atoms with Crippen molar-refractivity contribution in [3.8, 4) is 0 Å². The SMILES string of the molecule is CC(=O)N(CC1=CC=CCC1)c1cc(C2=C3C=CNC3NC=C2)cs1. The highest BCUT2D eigenvalue weighted by Gasteiger charge is 2.23. The lowest BCUT2D eigenvalue weighted by Crippen LogP contribution is -2.36. The molecule has 3 aliphatic rings. The third-order valence-corrected chi connectivity index (χ3v) is 5.62. The predicted molar refractivity (Wildman–Crippen MR) is 104 cm³/mol. The summed E-state index contributed by atoms with van der Waals surface area (Å²) in [5, 5.41) is 9.72. The minimum Gasteiger partial charge on any atom is -0.368 e. The van der Waals surface area contributed by atoms with Crippen LogP contribution in [0.25, 0.3) is 5.57 Å². The van der Waals surface area contributed by atoms with Crippen LogP contribution in [0.15, 0.2) is 65.4 Å². The van der Waals surface area contributed by atoms with Crippen molar-refractivity contribution in [2.24, 2.45) is 0 Å². The van der Waals surface area contributed by atoms with E-state index in [9.17, 15) is 4.79 Å². The molecule has 0 saturated carbocycles. The number of allylic oxidation sites excluding steroid dienone is 5. The van der Waals surface area contributed by atoms with Crippen LogP contribution in [-0.4, -0.2) is 18.6 Å². The number of carbonyl (C=O) groups excluding carboxylic acids is 1. The Bertz CT molecular complexity index is 841. The Hall–Kier alpha value is -2.53. The zero-order valence-corrected chi connectivity index (χ0v) is 15.0. The van der Waals surface area contributed by atoms with E-state index in [-0.39, 0.29) is 12.1 Å². The highest BCUT2D eigenvalue weighted by atomic mass is 32.1. The molecule has 0 fully saturated rings. The Morgan fingerprint density at radius 1 is 1.32 bits per heavy atom. The summed E-state index contributed by atoms with van der Waals surface area (Å²) in [6, 6.07) is 2.13. The summed E-state index contributed by atoms with van der Waals surface area (Å²) in [5.41, 5.74) is 4.91. The van der Waals surface area contributed by atoms with Crippen LogP contribution < -0.4 is 15.5 Å². The van der Waals surface area contributed by atoms with Gasteiger partial charge in [-0.15, -0.1) is 11.3 Å². The molecule has 1 unspecified atom stereocenters. The van der Waals surface area contributed by atoms with Gasteiger partial charge in [-0.3, -0.25) is 9.69 Å². The number of fused-ring (bicyclic) bond motifs is 1. The van der Waals surface area contributed by atoms with Crippen molar-refractivity contribution in [3.63, 3.8) is 0 Å². The molecule has 2 N–H and O–H groups in total. The van der Waals surface area contributed by atoms with Crippen molar-refractivity contribution in [2.45, 2.75) is 25.9 Å². The Morgan fingerprint density at radius 2 is 2.16 bits per heavy atom. The number of amides is 1. The second kappa shape index (κ2) is 6.76. The Morgan fingerprint density at radius 3 is 2.92 bits per heavy atom. The molecule has 0 bridgehead atoms. The van der Waals surface area contributed by atoms with Crippen LogP contribution in [0.2, 0.25) is 0 Å². The van der Waals surface area contributed by atoms with Crippen molar-refractivity contribution >= 4 is 27.8 Å². The van der Waals surface area contributed by atoms with Crippen LogP contribution in [0.3, 0.4) is 0 Å². The summed E-state index contributed by atoms with van der Waals surface area (Å²) in [6.45, 7) is 2.32. The minimum atomic E-state index is 0.0858. The zero-order valence-electron chi connectivity index (χ0n) is 14.2. The van der Waals surface area contributed by atoms with Crippen LogP contribution in [0.5, 0.6) is 0 Å². The van der Waals surface area contributed by atoms with Gasteiger partial charge in [0.05, 0.1) is 5.00 Å². The second-order valence-electron chi connectivity index (χ2n) is 6.37. The first-order valence-corrected chi connectivity index (χ1v) is 9.41. The quantitative estimate of drug-likeness (QED) is 0.869. The topological polar surface area (TPSA) is 44.4 Å². The average molecular weight is 351 g/mol. The van der Waals surface area contributed by atoms with Gasteiger partial charge in [-0.1, -0.05) is 23.8 Å². The fourth-order valence-corrected chi connectivity index (χ4v) is 4.29. The summed E-state index contributed by atoms with van der Waals surface area (Å²) in [4.78, 5) is 14.1. The molecule has 1 aromatic heterocycles. The third-order valence-electron chi connectivity index (χ3n) is 4.66. The highest BCUT2D eigenvalue weighted by Crippen LogP contribution is 2.34. The molecule has 4 nitrogen and oxygen atoms in total. The molecule has 1 atom stereocenters. The molecule has 128 valence electrons. The molecule has 1 aliphatic carbocycles. The van der Waals surface area contributed by atoms with E-state index in [0.717, 1.165) is 23.4 Å². The lowest BCUT2D eigenvalue weighted by atomic mass is 9.99. The van der Waals surface area contributed by atoms with E-state index in [2.05, 4.69) is 52.5 Å². The van der Waals surface area contributed by atoms with Gasteiger partial charge in [-0.2, -0.15) is 0 Å². The van der Waals surface area contributed by atoms with Crippen molar-refractivity contribution in [1.82, 2.24) is 10.6 Å². The van der Waals surface area contributed by atoms with Crippen LogP contribution in [0, 0.1) is 0 Å². The number of nitrogens with zero attached hydrogens (tertiary/aromatic N) is 1. The summed E-state index contributed by atoms with van der Waals surface area (Å²) in [7, 11) is 0. The Kier molecular flexibility index (Phi) is 4.32. The third kappa shape index (κ3) is 3.20. The van der Waals surface area contributed by atoms with Crippen LogP contribution in [-0.2, 0) is 4.79 Å². The first kappa shape index (κ1) is 16.0. The summed E-state index contributed by atoms with van der Waals surface area (Å²) < 4.78 is 0. The Labute approximate surface area is 151 Å². The Balaban J connectivity index is 1.62. The number of anilines is 1. The molecule has 0 spiro atoms. The lowest BCUT2D eigenvalue weighted by molar-refractivity contribution is -0.116. The fourth-order valence-electron chi connectivity index (χ4n) is 3.33. The van der Waals surface area contributed by atoms with E-state index in [0.29, 0.717) is 6.54 Å². The normalized spacial score (nSPS) is 20.8. The molecule has 3 heterocycles. The van der Waals surface area contributed by atoms with E-state index in [1.807, 2.05) is 17.3 Å². The number of rotatable bonds is 4. The maximum absolute atomic E-state index is 12.2. The second-order valence-corrected chi connectivity index (χ2v) is 7.26. The molecule has 0 aromatic carbocycles. The predicted octanol–water partition coefficient (Wildman–Crippen LogP) is 3.69. The fraction of sp³-hybridized carbons (Fsp3) is 0.250. The molecular formula is C20H21N3OS.